The monoisotopic (exact) mass is 259 g/mol. The Balaban J connectivity index is 0.00000196. The minimum atomic E-state index is -2.50. The number of halogens is 5. The molecule has 0 fully saturated rings. The normalized spacial score (nSPS) is 12.4. The zero-order valence-electron chi connectivity index (χ0n) is 7.59. The standard InChI is InChI=1S/C9H9ClF3N.ClH/c10-6-2-1-5(3-7(6)11)8(14)4-9(12)13;/h1-3,8-9H,4,14H2;1H/t8-;/m0./s1. The van der Waals surface area contributed by atoms with Crippen LogP contribution in [0.4, 0.5) is 13.2 Å². The van der Waals surface area contributed by atoms with E-state index in [2.05, 4.69) is 0 Å². The Hall–Kier alpha value is -0.450. The van der Waals surface area contributed by atoms with Gasteiger partial charge in [-0.15, -0.1) is 12.4 Å². The van der Waals surface area contributed by atoms with Crippen molar-refractivity contribution in [1.82, 2.24) is 0 Å². The van der Waals surface area contributed by atoms with E-state index in [0.29, 0.717) is 5.56 Å². The van der Waals surface area contributed by atoms with Gasteiger partial charge in [0.15, 0.2) is 0 Å². The molecule has 0 spiro atoms. The van der Waals surface area contributed by atoms with Crippen LogP contribution in [-0.4, -0.2) is 6.43 Å². The Morgan fingerprint density at radius 1 is 1.33 bits per heavy atom. The first-order valence-corrected chi connectivity index (χ1v) is 4.37. The predicted octanol–water partition coefficient (Wildman–Crippen LogP) is 3.56. The van der Waals surface area contributed by atoms with Crippen molar-refractivity contribution in [2.24, 2.45) is 5.73 Å². The quantitative estimate of drug-likeness (QED) is 0.883. The minimum absolute atomic E-state index is 0. The first kappa shape index (κ1) is 14.6. The fourth-order valence-electron chi connectivity index (χ4n) is 1.07. The summed E-state index contributed by atoms with van der Waals surface area (Å²) >= 11 is 5.43. The van der Waals surface area contributed by atoms with E-state index in [-0.39, 0.29) is 17.4 Å². The second kappa shape index (κ2) is 6.20. The van der Waals surface area contributed by atoms with E-state index in [1.54, 1.807) is 0 Å². The highest BCUT2D eigenvalue weighted by Gasteiger charge is 2.14. The molecular formula is C9H10Cl2F3N. The maximum atomic E-state index is 12.9. The molecule has 1 aromatic rings. The summed E-state index contributed by atoms with van der Waals surface area (Å²) in [5, 5.41) is -0.0435. The van der Waals surface area contributed by atoms with Crippen LogP contribution in [0.25, 0.3) is 0 Å². The minimum Gasteiger partial charge on any atom is -0.324 e. The maximum absolute atomic E-state index is 12.9. The maximum Gasteiger partial charge on any atom is 0.240 e. The first-order valence-electron chi connectivity index (χ1n) is 3.99. The van der Waals surface area contributed by atoms with Crippen LogP contribution in [0.2, 0.25) is 5.02 Å². The van der Waals surface area contributed by atoms with E-state index < -0.39 is 24.7 Å². The van der Waals surface area contributed by atoms with Crippen molar-refractivity contribution in [2.45, 2.75) is 18.9 Å². The van der Waals surface area contributed by atoms with Gasteiger partial charge in [0.05, 0.1) is 5.02 Å². The third-order valence-electron chi connectivity index (χ3n) is 1.80. The molecular weight excluding hydrogens is 250 g/mol. The lowest BCUT2D eigenvalue weighted by atomic mass is 10.1. The van der Waals surface area contributed by atoms with Gasteiger partial charge in [0.2, 0.25) is 6.43 Å². The third-order valence-corrected chi connectivity index (χ3v) is 2.11. The van der Waals surface area contributed by atoms with Gasteiger partial charge in [-0.2, -0.15) is 0 Å². The number of hydrogen-bond acceptors (Lipinski definition) is 1. The summed E-state index contributed by atoms with van der Waals surface area (Å²) in [6.45, 7) is 0. The van der Waals surface area contributed by atoms with E-state index in [1.807, 2.05) is 0 Å². The smallest absolute Gasteiger partial charge is 0.240 e. The number of rotatable bonds is 3. The third kappa shape index (κ3) is 4.28. The average molecular weight is 260 g/mol. The molecule has 1 aromatic carbocycles. The molecule has 1 rings (SSSR count). The Labute approximate surface area is 96.8 Å². The molecule has 0 radical (unpaired) electrons. The van der Waals surface area contributed by atoms with Crippen molar-refractivity contribution in [3.05, 3.63) is 34.6 Å². The van der Waals surface area contributed by atoms with Crippen LogP contribution in [0, 0.1) is 5.82 Å². The van der Waals surface area contributed by atoms with E-state index in [1.165, 1.54) is 12.1 Å². The molecule has 2 N–H and O–H groups in total. The van der Waals surface area contributed by atoms with E-state index >= 15 is 0 Å². The van der Waals surface area contributed by atoms with Crippen molar-refractivity contribution in [3.63, 3.8) is 0 Å². The molecule has 0 saturated carbocycles. The second-order valence-corrected chi connectivity index (χ2v) is 3.31. The lowest BCUT2D eigenvalue weighted by Crippen LogP contribution is -2.14. The van der Waals surface area contributed by atoms with Crippen LogP contribution in [0.5, 0.6) is 0 Å². The fraction of sp³-hybridized carbons (Fsp3) is 0.333. The SMILES string of the molecule is Cl.N[C@@H](CC(F)F)c1ccc(Cl)c(F)c1. The van der Waals surface area contributed by atoms with Crippen LogP contribution < -0.4 is 5.73 Å². The molecule has 0 aliphatic rings. The molecule has 0 unspecified atom stereocenters. The van der Waals surface area contributed by atoms with Crippen LogP contribution in [0.3, 0.4) is 0 Å². The second-order valence-electron chi connectivity index (χ2n) is 2.91. The molecule has 0 saturated heterocycles. The molecule has 0 bridgehead atoms. The van der Waals surface area contributed by atoms with E-state index in [0.717, 1.165) is 6.07 Å². The van der Waals surface area contributed by atoms with Crippen LogP contribution in [0.1, 0.15) is 18.0 Å². The van der Waals surface area contributed by atoms with Gasteiger partial charge < -0.3 is 5.73 Å². The van der Waals surface area contributed by atoms with Gasteiger partial charge in [0, 0.05) is 12.5 Å². The van der Waals surface area contributed by atoms with Gasteiger partial charge in [0.25, 0.3) is 0 Å². The highest BCUT2D eigenvalue weighted by Crippen LogP contribution is 2.22. The van der Waals surface area contributed by atoms with Crippen LogP contribution in [0.15, 0.2) is 18.2 Å². The zero-order chi connectivity index (χ0) is 10.7. The van der Waals surface area contributed by atoms with Crippen molar-refractivity contribution in [2.75, 3.05) is 0 Å². The fourth-order valence-corrected chi connectivity index (χ4v) is 1.19. The zero-order valence-corrected chi connectivity index (χ0v) is 9.16. The van der Waals surface area contributed by atoms with Gasteiger partial charge in [-0.25, -0.2) is 13.2 Å². The largest absolute Gasteiger partial charge is 0.324 e. The summed E-state index contributed by atoms with van der Waals surface area (Å²) in [6.07, 6.45) is -2.98. The molecule has 6 heteroatoms. The molecule has 0 heterocycles. The summed E-state index contributed by atoms with van der Waals surface area (Å²) in [7, 11) is 0. The Kier molecular flexibility index (Phi) is 6.02. The summed E-state index contributed by atoms with van der Waals surface area (Å²) in [5.41, 5.74) is 5.75. The molecule has 86 valence electrons. The predicted molar refractivity (Wildman–Crippen MR) is 56.2 cm³/mol. The average Bonchev–Trinajstić information content (AvgIpc) is 2.08. The van der Waals surface area contributed by atoms with Gasteiger partial charge in [-0.1, -0.05) is 17.7 Å². The van der Waals surface area contributed by atoms with Gasteiger partial charge in [0.1, 0.15) is 5.82 Å². The highest BCUT2D eigenvalue weighted by molar-refractivity contribution is 6.30. The van der Waals surface area contributed by atoms with Crippen LogP contribution >= 0.6 is 24.0 Å². The lowest BCUT2D eigenvalue weighted by Gasteiger charge is -2.11. The van der Waals surface area contributed by atoms with Gasteiger partial charge >= 0.3 is 0 Å². The molecule has 1 atom stereocenters. The van der Waals surface area contributed by atoms with E-state index in [4.69, 9.17) is 17.3 Å². The van der Waals surface area contributed by atoms with Crippen LogP contribution in [-0.2, 0) is 0 Å². The van der Waals surface area contributed by atoms with Gasteiger partial charge in [-0.3, -0.25) is 0 Å². The molecule has 0 amide bonds. The first-order chi connectivity index (χ1) is 6.50. The summed E-state index contributed by atoms with van der Waals surface area (Å²) in [6, 6.07) is 2.97. The summed E-state index contributed by atoms with van der Waals surface area (Å²) < 4.78 is 36.8. The Morgan fingerprint density at radius 3 is 2.40 bits per heavy atom. The van der Waals surface area contributed by atoms with Crippen molar-refractivity contribution in [3.8, 4) is 0 Å². The number of alkyl halides is 2. The van der Waals surface area contributed by atoms with E-state index in [9.17, 15) is 13.2 Å². The molecule has 15 heavy (non-hydrogen) atoms. The summed E-state index contributed by atoms with van der Waals surface area (Å²) in [4.78, 5) is 0. The van der Waals surface area contributed by atoms with Crippen molar-refractivity contribution in [1.29, 1.82) is 0 Å². The van der Waals surface area contributed by atoms with Crippen molar-refractivity contribution >= 4 is 24.0 Å². The summed E-state index contributed by atoms with van der Waals surface area (Å²) in [5.74, 6) is -0.645. The molecule has 0 aliphatic heterocycles. The number of nitrogens with two attached hydrogens (primary N) is 1. The lowest BCUT2D eigenvalue weighted by molar-refractivity contribution is 0.128. The number of hydrogen-bond donors (Lipinski definition) is 1. The highest BCUT2D eigenvalue weighted by atomic mass is 35.5. The number of benzene rings is 1. The van der Waals surface area contributed by atoms with Crippen molar-refractivity contribution < 1.29 is 13.2 Å². The molecule has 1 nitrogen and oxygen atoms in total. The molecule has 0 aliphatic carbocycles. The Bertz CT molecular complexity index is 320. The molecule has 0 aromatic heterocycles. The topological polar surface area (TPSA) is 26.0 Å². The Morgan fingerprint density at radius 2 is 1.93 bits per heavy atom. The van der Waals surface area contributed by atoms with Gasteiger partial charge in [-0.05, 0) is 17.7 Å².